The molecule has 1 N–H and O–H groups in total. The van der Waals surface area contributed by atoms with E-state index in [1.54, 1.807) is 43.3 Å². The maximum Gasteiger partial charge on any atom is 0.242 e. The van der Waals surface area contributed by atoms with Crippen LogP contribution in [0.15, 0.2) is 42.5 Å². The molecule has 0 aliphatic heterocycles. The summed E-state index contributed by atoms with van der Waals surface area (Å²) in [4.78, 5) is 27.7. The van der Waals surface area contributed by atoms with Crippen molar-refractivity contribution in [3.05, 3.63) is 68.7 Å². The Morgan fingerprint density at radius 3 is 2.33 bits per heavy atom. The largest absolute Gasteiger partial charge is 0.352 e. The van der Waals surface area contributed by atoms with Crippen molar-refractivity contribution in [1.29, 1.82) is 0 Å². The van der Waals surface area contributed by atoms with Crippen molar-refractivity contribution in [3.8, 4) is 0 Å². The molecule has 1 fully saturated rings. The van der Waals surface area contributed by atoms with Crippen LogP contribution in [-0.2, 0) is 22.6 Å². The van der Waals surface area contributed by atoms with Gasteiger partial charge in [0.15, 0.2) is 0 Å². The highest BCUT2D eigenvalue weighted by Crippen LogP contribution is 2.27. The lowest BCUT2D eigenvalue weighted by molar-refractivity contribution is -0.140. The molecule has 2 aromatic rings. The van der Waals surface area contributed by atoms with Crippen LogP contribution in [0.3, 0.4) is 0 Å². The highest BCUT2D eigenvalue weighted by molar-refractivity contribution is 6.36. The Balaban J connectivity index is 1.83. The first-order chi connectivity index (χ1) is 14.3. The number of carbonyl (C=O) groups is 2. The lowest BCUT2D eigenvalue weighted by Crippen LogP contribution is -2.50. The molecule has 0 saturated heterocycles. The van der Waals surface area contributed by atoms with Crippen molar-refractivity contribution < 1.29 is 9.59 Å². The molecule has 0 spiro atoms. The van der Waals surface area contributed by atoms with Gasteiger partial charge in [-0.1, -0.05) is 65.8 Å². The predicted molar refractivity (Wildman–Crippen MR) is 122 cm³/mol. The number of nitrogens with one attached hydrogen (secondary N) is 1. The van der Waals surface area contributed by atoms with Gasteiger partial charge in [0.25, 0.3) is 0 Å². The average molecular weight is 468 g/mol. The van der Waals surface area contributed by atoms with Crippen LogP contribution in [0, 0.1) is 0 Å². The van der Waals surface area contributed by atoms with Crippen LogP contribution in [0.25, 0.3) is 0 Å². The van der Waals surface area contributed by atoms with Crippen molar-refractivity contribution in [3.63, 3.8) is 0 Å². The lowest BCUT2D eigenvalue weighted by atomic mass is 10.1. The van der Waals surface area contributed by atoms with E-state index in [1.165, 1.54) is 4.90 Å². The highest BCUT2D eigenvalue weighted by atomic mass is 35.5. The van der Waals surface area contributed by atoms with Crippen LogP contribution in [0.1, 0.15) is 43.7 Å². The minimum atomic E-state index is -0.662. The molecule has 0 bridgehead atoms. The van der Waals surface area contributed by atoms with E-state index in [-0.39, 0.29) is 30.8 Å². The van der Waals surface area contributed by atoms with Gasteiger partial charge in [-0.05, 0) is 49.6 Å². The van der Waals surface area contributed by atoms with E-state index in [1.807, 2.05) is 6.07 Å². The number of amides is 2. The summed E-state index contributed by atoms with van der Waals surface area (Å²) in [5.41, 5.74) is 1.41. The summed E-state index contributed by atoms with van der Waals surface area (Å²) in [6.07, 6.45) is 4.32. The van der Waals surface area contributed by atoms with Gasteiger partial charge in [0.2, 0.25) is 11.8 Å². The molecule has 0 radical (unpaired) electrons. The van der Waals surface area contributed by atoms with Gasteiger partial charge in [-0.2, -0.15) is 0 Å². The summed E-state index contributed by atoms with van der Waals surface area (Å²) < 4.78 is 0. The Morgan fingerprint density at radius 2 is 1.70 bits per heavy atom. The lowest BCUT2D eigenvalue weighted by Gasteiger charge is -2.30. The Kier molecular flexibility index (Phi) is 8.04. The van der Waals surface area contributed by atoms with Gasteiger partial charge in [-0.3, -0.25) is 9.59 Å². The maximum atomic E-state index is 13.3. The molecule has 7 heteroatoms. The van der Waals surface area contributed by atoms with Crippen LogP contribution in [0.5, 0.6) is 0 Å². The van der Waals surface area contributed by atoms with E-state index < -0.39 is 6.04 Å². The highest BCUT2D eigenvalue weighted by Gasteiger charge is 2.29. The fourth-order valence-electron chi connectivity index (χ4n) is 3.75. The monoisotopic (exact) mass is 466 g/mol. The van der Waals surface area contributed by atoms with E-state index in [0.717, 1.165) is 31.2 Å². The van der Waals surface area contributed by atoms with Crippen LogP contribution >= 0.6 is 34.8 Å². The molecule has 0 aromatic heterocycles. The molecule has 30 heavy (non-hydrogen) atoms. The van der Waals surface area contributed by atoms with Crippen LogP contribution in [-0.4, -0.2) is 28.8 Å². The first-order valence-electron chi connectivity index (χ1n) is 10.1. The van der Waals surface area contributed by atoms with Crippen molar-refractivity contribution in [2.24, 2.45) is 0 Å². The van der Waals surface area contributed by atoms with Crippen molar-refractivity contribution in [2.75, 3.05) is 0 Å². The van der Waals surface area contributed by atoms with Gasteiger partial charge < -0.3 is 10.2 Å². The predicted octanol–water partition coefficient (Wildman–Crippen LogP) is 5.67. The summed E-state index contributed by atoms with van der Waals surface area (Å²) in [7, 11) is 0. The van der Waals surface area contributed by atoms with E-state index >= 15 is 0 Å². The van der Waals surface area contributed by atoms with Gasteiger partial charge in [0.05, 0.1) is 6.42 Å². The van der Waals surface area contributed by atoms with Crippen LogP contribution < -0.4 is 5.32 Å². The van der Waals surface area contributed by atoms with E-state index in [0.29, 0.717) is 20.6 Å². The molecule has 4 nitrogen and oxygen atoms in total. The van der Waals surface area contributed by atoms with E-state index in [4.69, 9.17) is 34.8 Å². The number of hydrogen-bond donors (Lipinski definition) is 1. The maximum absolute atomic E-state index is 13.3. The Labute approximate surface area is 192 Å². The summed E-state index contributed by atoms with van der Waals surface area (Å²) in [6, 6.07) is 11.9. The number of hydrogen-bond acceptors (Lipinski definition) is 2. The van der Waals surface area contributed by atoms with Gasteiger partial charge in [0, 0.05) is 33.2 Å². The second kappa shape index (κ2) is 10.5. The van der Waals surface area contributed by atoms with Crippen LogP contribution in [0.2, 0.25) is 15.1 Å². The first-order valence-corrected chi connectivity index (χ1v) is 11.3. The average Bonchev–Trinajstić information content (AvgIpc) is 3.20. The van der Waals surface area contributed by atoms with E-state index in [2.05, 4.69) is 5.32 Å². The molecule has 2 aromatic carbocycles. The quantitative estimate of drug-likeness (QED) is 0.571. The third-order valence-electron chi connectivity index (χ3n) is 5.50. The summed E-state index contributed by atoms with van der Waals surface area (Å²) in [5.74, 6) is -0.355. The molecule has 1 aliphatic rings. The Hall–Kier alpha value is -1.75. The SMILES string of the molecule is CC(C(=O)NC1CCCC1)N(Cc1c(Cl)cccc1Cl)C(=O)Cc1cccc(Cl)c1. The third-order valence-corrected chi connectivity index (χ3v) is 6.45. The second-order valence-electron chi connectivity index (χ2n) is 7.69. The fourth-order valence-corrected chi connectivity index (χ4v) is 4.48. The second-order valence-corrected chi connectivity index (χ2v) is 8.95. The molecule has 2 amide bonds. The normalized spacial score (nSPS) is 15.1. The molecular weight excluding hydrogens is 443 g/mol. The van der Waals surface area contributed by atoms with Gasteiger partial charge in [-0.15, -0.1) is 0 Å². The van der Waals surface area contributed by atoms with Gasteiger partial charge >= 0.3 is 0 Å². The van der Waals surface area contributed by atoms with Crippen LogP contribution in [0.4, 0.5) is 0 Å². The standard InChI is InChI=1S/C23H25Cl3N2O2/c1-15(23(30)27-18-8-2-3-9-18)28(14-19-20(25)10-5-11-21(19)26)22(29)13-16-6-4-7-17(24)12-16/h4-7,10-12,15,18H,2-3,8-9,13-14H2,1H3,(H,27,30). The number of nitrogens with zero attached hydrogens (tertiary/aromatic N) is 1. The Bertz CT molecular complexity index is 893. The third kappa shape index (κ3) is 5.90. The zero-order valence-corrected chi connectivity index (χ0v) is 19.1. The Morgan fingerprint density at radius 1 is 1.07 bits per heavy atom. The zero-order valence-electron chi connectivity index (χ0n) is 16.8. The smallest absolute Gasteiger partial charge is 0.242 e. The molecule has 1 aliphatic carbocycles. The first kappa shape index (κ1) is 22.9. The van der Waals surface area contributed by atoms with E-state index in [9.17, 15) is 9.59 Å². The number of rotatable bonds is 7. The zero-order chi connectivity index (χ0) is 21.7. The molecule has 0 heterocycles. The minimum absolute atomic E-state index is 0.129. The van der Waals surface area contributed by atoms with Crippen molar-refractivity contribution >= 4 is 46.6 Å². The molecule has 3 rings (SSSR count). The fraction of sp³-hybridized carbons (Fsp3) is 0.391. The molecular formula is C23H25Cl3N2O2. The molecule has 1 atom stereocenters. The number of carbonyl (C=O) groups excluding carboxylic acids is 2. The van der Waals surface area contributed by atoms with Gasteiger partial charge in [0.1, 0.15) is 6.04 Å². The molecule has 1 saturated carbocycles. The minimum Gasteiger partial charge on any atom is -0.352 e. The van der Waals surface area contributed by atoms with Gasteiger partial charge in [-0.25, -0.2) is 0 Å². The number of halogens is 3. The summed E-state index contributed by atoms with van der Waals surface area (Å²) >= 11 is 18.7. The van der Waals surface area contributed by atoms with Crippen molar-refractivity contribution in [2.45, 2.75) is 57.7 Å². The molecule has 160 valence electrons. The topological polar surface area (TPSA) is 49.4 Å². The summed E-state index contributed by atoms with van der Waals surface area (Å²) in [5, 5.41) is 4.57. The number of benzene rings is 2. The summed E-state index contributed by atoms with van der Waals surface area (Å²) in [6.45, 7) is 1.89. The molecule has 1 unspecified atom stereocenters. The van der Waals surface area contributed by atoms with Crippen molar-refractivity contribution in [1.82, 2.24) is 10.2 Å².